The molecule has 23 nitrogen and oxygen atoms in total. The van der Waals surface area contributed by atoms with Gasteiger partial charge in [0.05, 0.1) is 62.1 Å². The van der Waals surface area contributed by atoms with Gasteiger partial charge in [-0.05, 0) is 154 Å². The van der Waals surface area contributed by atoms with E-state index in [0.717, 1.165) is 53.3 Å². The predicted molar refractivity (Wildman–Crippen MR) is 406 cm³/mol. The van der Waals surface area contributed by atoms with E-state index in [1.165, 1.54) is 29.8 Å². The topological polar surface area (TPSA) is 270 Å². The first kappa shape index (κ1) is 78.3. The number of amides is 4. The quantitative estimate of drug-likeness (QED) is 0.0166. The maximum absolute atomic E-state index is 14.8. The molecule has 4 amide bonds. The number of primary amides is 1. The van der Waals surface area contributed by atoms with Gasteiger partial charge < -0.3 is 64.2 Å². The normalized spacial score (nSPS) is 13.4. The first-order valence-corrected chi connectivity index (χ1v) is 36.4. The lowest BCUT2D eigenvalue weighted by atomic mass is 9.96. The van der Waals surface area contributed by atoms with Gasteiger partial charge in [-0.25, -0.2) is 33.9 Å². The minimum atomic E-state index is -1.29. The molecular weight excluding hydrogens is 1390 g/mol. The van der Waals surface area contributed by atoms with Crippen molar-refractivity contribution in [3.8, 4) is 61.8 Å². The lowest BCUT2D eigenvalue weighted by Gasteiger charge is -2.42. The summed E-state index contributed by atoms with van der Waals surface area (Å²) in [4.78, 5) is 89.7. The van der Waals surface area contributed by atoms with E-state index >= 15 is 0 Å². The Morgan fingerprint density at radius 2 is 1.55 bits per heavy atom. The summed E-state index contributed by atoms with van der Waals surface area (Å²) in [5, 5.41) is 9.56. The molecule has 10 rings (SSSR count). The number of esters is 2. The van der Waals surface area contributed by atoms with Crippen molar-refractivity contribution in [2.45, 2.75) is 110 Å². The second-order valence-electron chi connectivity index (χ2n) is 27.3. The second-order valence-corrected chi connectivity index (χ2v) is 28.7. The molecule has 4 heterocycles. The molecule has 26 heteroatoms. The van der Waals surface area contributed by atoms with Gasteiger partial charge >= 0.3 is 18.0 Å². The summed E-state index contributed by atoms with van der Waals surface area (Å²) in [5.74, 6) is 1.01. The van der Waals surface area contributed by atoms with Crippen LogP contribution in [0.2, 0.25) is 5.02 Å². The number of hydrogen-bond donors (Lipinski definition) is 4. The number of halogens is 2. The van der Waals surface area contributed by atoms with Crippen LogP contribution < -0.4 is 45.4 Å². The van der Waals surface area contributed by atoms with Gasteiger partial charge in [0.1, 0.15) is 71.9 Å². The van der Waals surface area contributed by atoms with Crippen LogP contribution in [-0.2, 0) is 61.4 Å². The zero-order valence-corrected chi connectivity index (χ0v) is 62.9. The molecule has 6 aromatic carbocycles. The van der Waals surface area contributed by atoms with Crippen LogP contribution in [0.1, 0.15) is 86.4 Å². The molecule has 3 aromatic heterocycles. The number of aromatic nitrogens is 4. The number of thiophene rings is 1. The predicted octanol–water partition coefficient (Wildman–Crippen LogP) is 12.7. The van der Waals surface area contributed by atoms with E-state index in [0.29, 0.717) is 133 Å². The highest BCUT2D eigenvalue weighted by Crippen LogP contribution is 2.50. The Labute approximate surface area is 626 Å². The molecule has 5 N–H and O–H groups in total. The Bertz CT molecular complexity index is 4530. The molecule has 1 fully saturated rings. The van der Waals surface area contributed by atoms with Crippen molar-refractivity contribution in [1.29, 1.82) is 0 Å². The van der Waals surface area contributed by atoms with Gasteiger partial charge in [0.15, 0.2) is 5.82 Å². The number of methoxy groups -OCH3 is 2. The van der Waals surface area contributed by atoms with Crippen LogP contribution in [0.5, 0.6) is 28.9 Å². The fourth-order valence-electron chi connectivity index (χ4n) is 12.5. The Morgan fingerprint density at radius 3 is 2.27 bits per heavy atom. The average Bonchev–Trinajstić information content (AvgIpc) is 1.57. The number of urea groups is 1. The highest BCUT2D eigenvalue weighted by atomic mass is 35.5. The summed E-state index contributed by atoms with van der Waals surface area (Å²) in [5.41, 5.74) is 12.5. The summed E-state index contributed by atoms with van der Waals surface area (Å²) in [7, 11) is 8.85. The van der Waals surface area contributed by atoms with E-state index in [1.807, 2.05) is 119 Å². The molecule has 9 aromatic rings. The van der Waals surface area contributed by atoms with Crippen molar-refractivity contribution < 1.29 is 66.0 Å². The van der Waals surface area contributed by atoms with E-state index in [-0.39, 0.29) is 62.7 Å². The number of nitrogens with one attached hydrogen (secondary N) is 3. The van der Waals surface area contributed by atoms with Crippen molar-refractivity contribution in [3.63, 3.8) is 0 Å². The average molecular weight is 1490 g/mol. The molecule has 1 aliphatic heterocycles. The number of para-hydroxylation sites is 2. The number of fused-ring (bicyclic) bond motifs is 1. The molecule has 558 valence electrons. The first-order chi connectivity index (χ1) is 51.0. The molecule has 106 heavy (non-hydrogen) atoms. The number of nitrogens with zero attached hydrogens (tertiary/aromatic N) is 7. The fraction of sp³-hybridized carbons (Fsp3) is 0.362. The molecule has 2 unspecified atom stereocenters. The third-order valence-corrected chi connectivity index (χ3v) is 19.9. The smallest absolute Gasteiger partial charge is 0.348 e. The van der Waals surface area contributed by atoms with Crippen molar-refractivity contribution in [3.05, 3.63) is 190 Å². The molecular formula is C80H92ClFN11O12S+. The summed E-state index contributed by atoms with van der Waals surface area (Å²) in [6, 6.07) is 38.5. The lowest BCUT2D eigenvalue weighted by Crippen LogP contribution is -2.57. The first-order valence-electron chi connectivity index (χ1n) is 35.2. The number of ether oxygens (including phenoxy) is 7. The number of likely N-dealkylation sites (N-methyl/N-ethyl adjacent to an activating group) is 2. The van der Waals surface area contributed by atoms with E-state index in [2.05, 4.69) is 32.9 Å². The lowest BCUT2D eigenvalue weighted by molar-refractivity contribution is -0.926. The molecule has 0 radical (unpaired) electrons. The fourth-order valence-corrected chi connectivity index (χ4v) is 13.9. The third kappa shape index (κ3) is 21.2. The van der Waals surface area contributed by atoms with Crippen LogP contribution >= 0.6 is 22.9 Å². The summed E-state index contributed by atoms with van der Waals surface area (Å²) in [6.07, 6.45) is 3.36. The van der Waals surface area contributed by atoms with Gasteiger partial charge in [0, 0.05) is 86.9 Å². The molecule has 0 spiro atoms. The highest BCUT2D eigenvalue weighted by Gasteiger charge is 2.33. The van der Waals surface area contributed by atoms with E-state index in [9.17, 15) is 28.4 Å². The van der Waals surface area contributed by atoms with Crippen LogP contribution in [-0.4, -0.2) is 163 Å². The number of carbonyl (C=O) groups excluding carboxylic acids is 5. The van der Waals surface area contributed by atoms with E-state index in [4.69, 9.17) is 65.4 Å². The van der Waals surface area contributed by atoms with Crippen LogP contribution in [0.3, 0.4) is 0 Å². The Kier molecular flexibility index (Phi) is 27.0. The number of quaternary nitrogens is 1. The molecule has 1 aliphatic rings. The Balaban J connectivity index is 0.853. The van der Waals surface area contributed by atoms with Gasteiger partial charge in [-0.1, -0.05) is 78.3 Å². The number of piperazine rings is 1. The zero-order valence-electron chi connectivity index (χ0n) is 61.3. The van der Waals surface area contributed by atoms with E-state index in [1.54, 1.807) is 69.7 Å². The Morgan fingerprint density at radius 1 is 0.802 bits per heavy atom. The molecule has 0 saturated carbocycles. The zero-order chi connectivity index (χ0) is 75.5. The SMILES string of the molecule is CNC(CCCNC(N)=O)C(=O)Nc1ccc(C[N+]2(C)CCN(CCOc3ccc(-c4c(-c5ccc(F)cc5)sc5ncnc(OC(Cc6ccccc6OCc6ccnc(-c7ccccc7OC)n6)C(=O)OCc6ccc(OC)cc6)c45)c(C)c3Cl)CC2)c(CN(C)C(=O)CCCC(=O)OC(C)(C)C)c1. The molecule has 1 saturated heterocycles. The van der Waals surface area contributed by atoms with Crippen LogP contribution in [0.25, 0.3) is 43.2 Å². The van der Waals surface area contributed by atoms with Gasteiger partial charge in [0.25, 0.3) is 0 Å². The van der Waals surface area contributed by atoms with Crippen LogP contribution in [0.15, 0.2) is 146 Å². The maximum atomic E-state index is 14.8. The van der Waals surface area contributed by atoms with Crippen molar-refractivity contribution in [1.82, 2.24) is 40.4 Å². The van der Waals surface area contributed by atoms with Crippen molar-refractivity contribution in [2.75, 3.05) is 86.6 Å². The monoisotopic (exact) mass is 1480 g/mol. The summed E-state index contributed by atoms with van der Waals surface area (Å²) >= 11 is 8.75. The van der Waals surface area contributed by atoms with Crippen molar-refractivity contribution in [2.24, 2.45) is 5.73 Å². The molecule has 0 bridgehead atoms. The summed E-state index contributed by atoms with van der Waals surface area (Å²) < 4.78 is 57.9. The van der Waals surface area contributed by atoms with Crippen LogP contribution in [0, 0.1) is 12.7 Å². The summed E-state index contributed by atoms with van der Waals surface area (Å²) in [6.45, 7) is 12.7. The standard InChI is InChI=1S/C80H91ClFN11O12S/c1-51-61(33-34-66(72(51)81)101-43-40-92-38-41-93(7,42-39-92)47-55-27-30-58(90-75(96)63(84-5)18-15-36-86-79(83)98)44-56(55)46-91(6)68(94)21-14-22-69(95)105-80(2,3)4)70-71-76(87-50-88-77(71)106-73(70)53-25-28-57(82)29-26-53)104-67(78(97)103-48-52-23-31-60(99-8)32-24-52)45-54-16-10-12-19-64(54)102-49-59-35-37-85-74(89-59)62-17-11-13-20-65(62)100-9/h10-13,16-17,19-20,23-35,37,44,50,63,67,84H,14-15,18,21-22,36,38-43,45-49H2,1-9H3,(H3-,83,86,90,96,98)/p+1. The van der Waals surface area contributed by atoms with Gasteiger partial charge in [-0.2, -0.15) is 0 Å². The number of anilines is 1. The minimum absolute atomic E-state index is 0.0122. The third-order valence-electron chi connectivity index (χ3n) is 18.3. The van der Waals surface area contributed by atoms with Gasteiger partial charge in [-0.3, -0.25) is 19.3 Å². The number of carbonyl (C=O) groups is 5. The molecule has 0 aliphatic carbocycles. The highest BCUT2D eigenvalue weighted by molar-refractivity contribution is 7.22. The van der Waals surface area contributed by atoms with Crippen LogP contribution in [0.4, 0.5) is 14.9 Å². The second kappa shape index (κ2) is 36.6. The maximum Gasteiger partial charge on any atom is 0.348 e. The number of nitrogens with two attached hydrogens (primary N) is 1. The van der Waals surface area contributed by atoms with Gasteiger partial charge in [0.2, 0.25) is 23.8 Å². The number of benzene rings is 6. The van der Waals surface area contributed by atoms with Gasteiger partial charge in [-0.15, -0.1) is 11.3 Å². The molecule has 2 atom stereocenters. The number of rotatable bonds is 34. The minimum Gasteiger partial charge on any atom is -0.497 e. The number of hydrogen-bond acceptors (Lipinski definition) is 19. The van der Waals surface area contributed by atoms with Crippen molar-refractivity contribution >= 4 is 68.6 Å². The van der Waals surface area contributed by atoms with E-state index < -0.39 is 35.6 Å². The Hall–Kier alpha value is -10.3. The largest absolute Gasteiger partial charge is 0.497 e.